The number of halogens is 1. The standard InChI is InChI=1S/C30H34N2.ClH/c1-4-10-26-23(7-1)13-14-24-8-2-5-11-27(24)29(26)31-19-22-32-20-17-30(18-21-32)16-15-25-9-3-6-12-28(25)30;/h1-12,29,31H,13-22H2;1H. The third-order valence-corrected chi connectivity index (χ3v) is 8.45. The lowest BCUT2D eigenvalue weighted by atomic mass is 9.74. The van der Waals surface area contributed by atoms with Crippen molar-refractivity contribution in [3.8, 4) is 0 Å². The Bertz CT molecular complexity index is 1050. The largest absolute Gasteiger partial charge is 0.305 e. The molecule has 3 heteroatoms. The minimum atomic E-state index is 0. The number of likely N-dealkylation sites (tertiary alicyclic amines) is 1. The van der Waals surface area contributed by atoms with Crippen LogP contribution in [-0.4, -0.2) is 31.1 Å². The minimum absolute atomic E-state index is 0. The number of aryl methyl sites for hydroxylation is 3. The monoisotopic (exact) mass is 458 g/mol. The van der Waals surface area contributed by atoms with Crippen molar-refractivity contribution in [2.75, 3.05) is 26.2 Å². The van der Waals surface area contributed by atoms with Crippen LogP contribution in [0, 0.1) is 0 Å². The highest BCUT2D eigenvalue weighted by Gasteiger charge is 2.40. The molecule has 1 saturated heterocycles. The molecule has 1 N–H and O–H groups in total. The Kier molecular flexibility index (Phi) is 6.60. The van der Waals surface area contributed by atoms with E-state index in [0.29, 0.717) is 11.5 Å². The van der Waals surface area contributed by atoms with E-state index in [1.165, 1.54) is 61.0 Å². The Morgan fingerprint density at radius 1 is 0.697 bits per heavy atom. The molecule has 172 valence electrons. The van der Waals surface area contributed by atoms with Gasteiger partial charge >= 0.3 is 0 Å². The summed E-state index contributed by atoms with van der Waals surface area (Å²) in [5, 5.41) is 3.96. The zero-order valence-electron chi connectivity index (χ0n) is 19.4. The normalized spacial score (nSPS) is 19.3. The molecule has 6 rings (SSSR count). The molecule has 33 heavy (non-hydrogen) atoms. The van der Waals surface area contributed by atoms with E-state index in [0.717, 1.165) is 25.9 Å². The van der Waals surface area contributed by atoms with Crippen molar-refractivity contribution in [3.63, 3.8) is 0 Å². The van der Waals surface area contributed by atoms with Crippen molar-refractivity contribution < 1.29 is 0 Å². The molecule has 3 aliphatic rings. The first kappa shape index (κ1) is 22.7. The summed E-state index contributed by atoms with van der Waals surface area (Å²) in [4.78, 5) is 2.69. The average Bonchev–Trinajstić information content (AvgIpc) is 3.12. The van der Waals surface area contributed by atoms with Gasteiger partial charge in [0.05, 0.1) is 6.04 Å². The molecule has 1 spiro atoms. The predicted molar refractivity (Wildman–Crippen MR) is 140 cm³/mol. The number of nitrogens with zero attached hydrogens (tertiary/aromatic N) is 1. The van der Waals surface area contributed by atoms with Crippen LogP contribution in [0.15, 0.2) is 72.8 Å². The zero-order valence-corrected chi connectivity index (χ0v) is 20.2. The highest BCUT2D eigenvalue weighted by molar-refractivity contribution is 5.85. The number of hydrogen-bond donors (Lipinski definition) is 1. The lowest BCUT2D eigenvalue weighted by Gasteiger charge is -2.40. The van der Waals surface area contributed by atoms with Gasteiger partial charge in [-0.25, -0.2) is 0 Å². The van der Waals surface area contributed by atoms with Gasteiger partial charge in [0.25, 0.3) is 0 Å². The van der Waals surface area contributed by atoms with Crippen LogP contribution in [-0.2, 0) is 24.7 Å². The summed E-state index contributed by atoms with van der Waals surface area (Å²) in [5.74, 6) is 0. The Labute approximate surface area is 204 Å². The highest BCUT2D eigenvalue weighted by Crippen LogP contribution is 2.46. The van der Waals surface area contributed by atoms with E-state index in [9.17, 15) is 0 Å². The minimum Gasteiger partial charge on any atom is -0.305 e. The van der Waals surface area contributed by atoms with E-state index in [-0.39, 0.29) is 12.4 Å². The molecule has 1 fully saturated rings. The van der Waals surface area contributed by atoms with Crippen LogP contribution >= 0.6 is 12.4 Å². The second-order valence-corrected chi connectivity index (χ2v) is 10.1. The van der Waals surface area contributed by atoms with Crippen molar-refractivity contribution in [1.82, 2.24) is 10.2 Å². The average molecular weight is 459 g/mol. The second kappa shape index (κ2) is 9.62. The van der Waals surface area contributed by atoms with Crippen LogP contribution < -0.4 is 5.32 Å². The SMILES string of the molecule is Cl.c1ccc2c(c1)CCc1ccccc1C2NCCN1CCC2(CCc3ccccc32)CC1. The zero-order chi connectivity index (χ0) is 21.4. The van der Waals surface area contributed by atoms with Crippen LogP contribution in [0.2, 0.25) is 0 Å². The molecule has 1 aliphatic heterocycles. The maximum absolute atomic E-state index is 3.96. The van der Waals surface area contributed by atoms with Gasteiger partial charge in [0.15, 0.2) is 0 Å². The number of rotatable bonds is 4. The smallest absolute Gasteiger partial charge is 0.0582 e. The third kappa shape index (κ3) is 4.25. The second-order valence-electron chi connectivity index (χ2n) is 10.1. The first-order chi connectivity index (χ1) is 15.8. The lowest BCUT2D eigenvalue weighted by molar-refractivity contribution is 0.158. The van der Waals surface area contributed by atoms with Crippen LogP contribution in [0.3, 0.4) is 0 Å². The van der Waals surface area contributed by atoms with Gasteiger partial charge in [-0.15, -0.1) is 12.4 Å². The van der Waals surface area contributed by atoms with Gasteiger partial charge in [0, 0.05) is 13.1 Å². The van der Waals surface area contributed by atoms with Gasteiger partial charge in [0.1, 0.15) is 0 Å². The molecule has 0 bridgehead atoms. The molecule has 0 unspecified atom stereocenters. The fourth-order valence-corrected chi connectivity index (χ4v) is 6.60. The summed E-state index contributed by atoms with van der Waals surface area (Å²) in [6, 6.07) is 27.6. The summed E-state index contributed by atoms with van der Waals surface area (Å²) in [6.45, 7) is 4.64. The van der Waals surface area contributed by atoms with E-state index >= 15 is 0 Å². The van der Waals surface area contributed by atoms with Crippen molar-refractivity contribution in [1.29, 1.82) is 0 Å². The molecule has 0 amide bonds. The fourth-order valence-electron chi connectivity index (χ4n) is 6.60. The van der Waals surface area contributed by atoms with E-state index in [1.54, 1.807) is 11.1 Å². The van der Waals surface area contributed by atoms with Crippen LogP contribution in [0.25, 0.3) is 0 Å². The Balaban J connectivity index is 0.00000228. The highest BCUT2D eigenvalue weighted by atomic mass is 35.5. The molecular formula is C30H35ClN2. The van der Waals surface area contributed by atoms with Gasteiger partial charge in [-0.05, 0) is 90.4 Å². The van der Waals surface area contributed by atoms with Gasteiger partial charge in [-0.2, -0.15) is 0 Å². The molecule has 1 heterocycles. The van der Waals surface area contributed by atoms with Gasteiger partial charge in [-0.3, -0.25) is 0 Å². The summed E-state index contributed by atoms with van der Waals surface area (Å²) < 4.78 is 0. The molecule has 0 atom stereocenters. The molecule has 0 radical (unpaired) electrons. The van der Waals surface area contributed by atoms with E-state index in [1.807, 2.05) is 0 Å². The number of piperidine rings is 1. The van der Waals surface area contributed by atoms with Crippen LogP contribution in [0.1, 0.15) is 58.7 Å². The maximum Gasteiger partial charge on any atom is 0.0582 e. The van der Waals surface area contributed by atoms with E-state index < -0.39 is 0 Å². The maximum atomic E-state index is 3.96. The Hall–Kier alpha value is -2.13. The number of fused-ring (bicyclic) bond motifs is 4. The number of nitrogens with one attached hydrogen (secondary N) is 1. The third-order valence-electron chi connectivity index (χ3n) is 8.45. The first-order valence-electron chi connectivity index (χ1n) is 12.5. The van der Waals surface area contributed by atoms with Crippen molar-refractivity contribution in [2.24, 2.45) is 0 Å². The molecule has 3 aromatic rings. The van der Waals surface area contributed by atoms with E-state index in [4.69, 9.17) is 0 Å². The van der Waals surface area contributed by atoms with Gasteiger partial charge < -0.3 is 10.2 Å². The van der Waals surface area contributed by atoms with Crippen LogP contribution in [0.4, 0.5) is 0 Å². The quantitative estimate of drug-likeness (QED) is 0.526. The van der Waals surface area contributed by atoms with Gasteiger partial charge in [-0.1, -0.05) is 72.8 Å². The molecule has 2 nitrogen and oxygen atoms in total. The molecule has 2 aliphatic carbocycles. The van der Waals surface area contributed by atoms with Crippen molar-refractivity contribution >= 4 is 12.4 Å². The van der Waals surface area contributed by atoms with E-state index in [2.05, 4.69) is 83.0 Å². The Morgan fingerprint density at radius 2 is 1.27 bits per heavy atom. The Morgan fingerprint density at radius 3 is 1.94 bits per heavy atom. The number of benzene rings is 3. The lowest BCUT2D eigenvalue weighted by Crippen LogP contribution is -2.44. The first-order valence-corrected chi connectivity index (χ1v) is 12.5. The van der Waals surface area contributed by atoms with Crippen molar-refractivity contribution in [3.05, 3.63) is 106 Å². The van der Waals surface area contributed by atoms with Crippen molar-refractivity contribution in [2.45, 2.75) is 50.0 Å². The summed E-state index contributed by atoms with van der Waals surface area (Å²) >= 11 is 0. The topological polar surface area (TPSA) is 15.3 Å². The fraction of sp³-hybridized carbons (Fsp3) is 0.400. The number of hydrogen-bond acceptors (Lipinski definition) is 2. The summed E-state index contributed by atoms with van der Waals surface area (Å²) in [7, 11) is 0. The molecule has 0 aromatic heterocycles. The molecule has 0 saturated carbocycles. The summed E-state index contributed by atoms with van der Waals surface area (Å²) in [6.07, 6.45) is 7.55. The summed E-state index contributed by atoms with van der Waals surface area (Å²) in [5.41, 5.74) is 9.66. The van der Waals surface area contributed by atoms with Gasteiger partial charge in [0.2, 0.25) is 0 Å². The predicted octanol–water partition coefficient (Wildman–Crippen LogP) is 5.87. The molecular weight excluding hydrogens is 424 g/mol. The van der Waals surface area contributed by atoms with Crippen LogP contribution in [0.5, 0.6) is 0 Å². The molecule has 3 aromatic carbocycles.